The molecule has 10 atom stereocenters. The van der Waals surface area contributed by atoms with E-state index in [1.54, 1.807) is 24.3 Å². The van der Waals surface area contributed by atoms with Gasteiger partial charge < -0.3 is 64.2 Å². The third-order valence-corrected chi connectivity index (χ3v) is 7.62. The van der Waals surface area contributed by atoms with Crippen molar-refractivity contribution in [1.82, 2.24) is 0 Å². The van der Waals surface area contributed by atoms with Crippen molar-refractivity contribution >= 4 is 11.0 Å². The first-order valence-corrected chi connectivity index (χ1v) is 13.1. The molecule has 0 bridgehead atoms. The number of rotatable bonds is 6. The Kier molecular flexibility index (Phi) is 8.44. The van der Waals surface area contributed by atoms with Crippen molar-refractivity contribution in [2.75, 3.05) is 13.7 Å². The maximum Gasteiger partial charge on any atom is 0.197 e. The molecule has 2 saturated heterocycles. The van der Waals surface area contributed by atoms with Crippen LogP contribution in [-0.2, 0) is 14.2 Å². The zero-order chi connectivity index (χ0) is 30.5. The first kappa shape index (κ1) is 30.2. The molecule has 0 saturated carbocycles. The van der Waals surface area contributed by atoms with Crippen LogP contribution in [0.1, 0.15) is 18.6 Å². The van der Waals surface area contributed by atoms with Crippen LogP contribution in [0.5, 0.6) is 17.2 Å². The zero-order valence-electron chi connectivity index (χ0n) is 22.5. The quantitative estimate of drug-likeness (QED) is 0.176. The van der Waals surface area contributed by atoms with Gasteiger partial charge in [-0.25, -0.2) is 0 Å². The van der Waals surface area contributed by atoms with E-state index in [9.17, 15) is 45.6 Å². The average molecular weight is 593 g/mol. The van der Waals surface area contributed by atoms with Crippen LogP contribution >= 0.6 is 0 Å². The molecule has 14 nitrogen and oxygen atoms in total. The molecule has 0 unspecified atom stereocenters. The number of aromatic hydroxyl groups is 2. The summed E-state index contributed by atoms with van der Waals surface area (Å²) in [6, 6.07) is 8.47. The van der Waals surface area contributed by atoms with Gasteiger partial charge in [0.05, 0.1) is 25.4 Å². The van der Waals surface area contributed by atoms with E-state index in [1.807, 2.05) is 0 Å². The predicted octanol–water partition coefficient (Wildman–Crippen LogP) is -0.754. The number of aliphatic hydroxyl groups excluding tert-OH is 6. The Morgan fingerprint density at radius 2 is 1.55 bits per heavy atom. The fraction of sp³-hybridized carbons (Fsp3) is 0.464. The van der Waals surface area contributed by atoms with Crippen LogP contribution < -0.4 is 10.2 Å². The average Bonchev–Trinajstić information content (AvgIpc) is 2.97. The summed E-state index contributed by atoms with van der Waals surface area (Å²) in [5, 5.41) is 83.7. The molecular formula is C28H32O14. The lowest BCUT2D eigenvalue weighted by Gasteiger charge is -2.46. The topological polar surface area (TPSA) is 229 Å². The van der Waals surface area contributed by atoms with Gasteiger partial charge in [-0.1, -0.05) is 0 Å². The lowest BCUT2D eigenvalue weighted by atomic mass is 9.89. The number of hydrogen-bond donors (Lipinski definition) is 8. The third-order valence-electron chi connectivity index (χ3n) is 7.62. The number of aliphatic hydroxyl groups is 6. The smallest absolute Gasteiger partial charge is 0.197 e. The molecule has 1 aromatic heterocycles. The van der Waals surface area contributed by atoms with Crippen LogP contribution in [0, 0.1) is 0 Å². The number of benzene rings is 2. The number of ether oxygens (including phenoxy) is 4. The summed E-state index contributed by atoms with van der Waals surface area (Å²) >= 11 is 0. The van der Waals surface area contributed by atoms with E-state index in [1.165, 1.54) is 14.0 Å². The van der Waals surface area contributed by atoms with Crippen LogP contribution in [-0.4, -0.2) is 110 Å². The van der Waals surface area contributed by atoms with Gasteiger partial charge >= 0.3 is 0 Å². The molecule has 3 heterocycles. The highest BCUT2D eigenvalue weighted by Crippen LogP contribution is 2.45. The first-order chi connectivity index (χ1) is 20.0. The highest BCUT2D eigenvalue weighted by atomic mass is 16.7. The highest BCUT2D eigenvalue weighted by molar-refractivity contribution is 5.89. The molecule has 8 N–H and O–H groups in total. The van der Waals surface area contributed by atoms with Crippen molar-refractivity contribution in [2.24, 2.45) is 0 Å². The monoisotopic (exact) mass is 592 g/mol. The van der Waals surface area contributed by atoms with Crippen molar-refractivity contribution in [3.05, 3.63) is 52.2 Å². The minimum atomic E-state index is -1.84. The number of methoxy groups -OCH3 is 1. The van der Waals surface area contributed by atoms with Gasteiger partial charge in [-0.05, 0) is 31.2 Å². The lowest BCUT2D eigenvalue weighted by molar-refractivity contribution is -0.338. The van der Waals surface area contributed by atoms with E-state index in [0.717, 1.165) is 12.1 Å². The van der Waals surface area contributed by atoms with Crippen LogP contribution in [0.4, 0.5) is 0 Å². The standard InChI is InChI=1S/C28H32O14/c1-10-20(33)22(35)24(37)28(39-10)42-27-23(36)21(34)17(9-29)41-26(27)19-14(31)7-13(30)18-15(32)8-16(40-25(18)19)11-3-5-12(38-2)6-4-11/h3-8,10,17,20-24,26-31,33-37H,9H2,1-2H3/t10-,17-,20+,21+,22-,23+,24-,26+,27+,28+/m1/s1. The molecule has 0 aliphatic carbocycles. The van der Waals surface area contributed by atoms with E-state index in [0.29, 0.717) is 11.3 Å². The van der Waals surface area contributed by atoms with Gasteiger partial charge in [-0.2, -0.15) is 0 Å². The number of phenolic OH excluding ortho intramolecular Hbond substituents is 2. The minimum Gasteiger partial charge on any atom is -0.507 e. The SMILES string of the molecule is COc1ccc(-c2cc(=O)c3c(O)cc(O)c([C@@H]4O[C@H](CO)[C@H](O)[C@H](O)[C@@H]4O[C@@H]4O[C@H](C)[C@H](O)[C@@H](O)[C@H]4O)c3o2)cc1. The molecule has 0 spiro atoms. The van der Waals surface area contributed by atoms with Gasteiger partial charge in [0.1, 0.15) is 77.2 Å². The second-order valence-electron chi connectivity index (χ2n) is 10.3. The zero-order valence-corrected chi connectivity index (χ0v) is 22.5. The number of phenols is 2. The molecule has 2 fully saturated rings. The molecule has 2 aliphatic heterocycles. The van der Waals surface area contributed by atoms with Crippen LogP contribution in [0.15, 0.2) is 45.6 Å². The normalized spacial score (nSPS) is 33.5. The molecule has 228 valence electrons. The van der Waals surface area contributed by atoms with E-state index < -0.39 is 84.8 Å². The maximum absolute atomic E-state index is 13.2. The fourth-order valence-corrected chi connectivity index (χ4v) is 5.25. The van der Waals surface area contributed by atoms with Crippen molar-refractivity contribution in [3.63, 3.8) is 0 Å². The van der Waals surface area contributed by atoms with Crippen LogP contribution in [0.2, 0.25) is 0 Å². The minimum absolute atomic E-state index is 0.0333. The summed E-state index contributed by atoms with van der Waals surface area (Å²) in [6.45, 7) is 0.635. The Morgan fingerprint density at radius 3 is 2.19 bits per heavy atom. The second-order valence-corrected chi connectivity index (χ2v) is 10.3. The summed E-state index contributed by atoms with van der Waals surface area (Å²) in [6.07, 6.45) is -15.9. The number of fused-ring (bicyclic) bond motifs is 1. The molecular weight excluding hydrogens is 560 g/mol. The Balaban J connectivity index is 1.66. The Morgan fingerprint density at radius 1 is 0.857 bits per heavy atom. The molecule has 14 heteroatoms. The Hall–Kier alpha value is -3.31. The van der Waals surface area contributed by atoms with Gasteiger partial charge in [0.15, 0.2) is 17.3 Å². The van der Waals surface area contributed by atoms with Crippen LogP contribution in [0.3, 0.4) is 0 Å². The van der Waals surface area contributed by atoms with Crippen molar-refractivity contribution in [1.29, 1.82) is 0 Å². The third kappa shape index (κ3) is 5.21. The highest BCUT2D eigenvalue weighted by Gasteiger charge is 2.51. The molecule has 42 heavy (non-hydrogen) atoms. The molecule has 0 amide bonds. The van der Waals surface area contributed by atoms with E-state index in [2.05, 4.69) is 0 Å². The summed E-state index contributed by atoms with van der Waals surface area (Å²) in [5.74, 6) is -0.699. The molecule has 0 radical (unpaired) electrons. The summed E-state index contributed by atoms with van der Waals surface area (Å²) < 4.78 is 28.4. The molecule has 2 aliphatic rings. The van der Waals surface area contributed by atoms with Gasteiger partial charge in [0.25, 0.3) is 0 Å². The maximum atomic E-state index is 13.2. The fourth-order valence-electron chi connectivity index (χ4n) is 5.25. The second kappa shape index (κ2) is 11.8. The number of hydrogen-bond acceptors (Lipinski definition) is 14. The van der Waals surface area contributed by atoms with E-state index >= 15 is 0 Å². The largest absolute Gasteiger partial charge is 0.507 e. The molecule has 2 aromatic carbocycles. The van der Waals surface area contributed by atoms with Gasteiger partial charge in [-0.3, -0.25) is 4.79 Å². The Labute approximate surface area is 238 Å². The summed E-state index contributed by atoms with van der Waals surface area (Å²) in [4.78, 5) is 13.2. The molecule has 5 rings (SSSR count). The van der Waals surface area contributed by atoms with Crippen molar-refractivity contribution in [2.45, 2.75) is 68.1 Å². The lowest BCUT2D eigenvalue weighted by Crippen LogP contribution is -2.61. The summed E-state index contributed by atoms with van der Waals surface area (Å²) in [7, 11) is 1.48. The van der Waals surface area contributed by atoms with E-state index in [-0.39, 0.29) is 22.3 Å². The summed E-state index contributed by atoms with van der Waals surface area (Å²) in [5.41, 5.74) is -0.891. The van der Waals surface area contributed by atoms with Crippen molar-refractivity contribution < 1.29 is 64.2 Å². The predicted molar refractivity (Wildman–Crippen MR) is 142 cm³/mol. The van der Waals surface area contributed by atoms with Crippen LogP contribution in [0.25, 0.3) is 22.3 Å². The Bertz CT molecular complexity index is 1470. The van der Waals surface area contributed by atoms with Gasteiger partial charge in [-0.15, -0.1) is 0 Å². The first-order valence-electron chi connectivity index (χ1n) is 13.1. The van der Waals surface area contributed by atoms with Gasteiger partial charge in [0, 0.05) is 17.7 Å². The molecule has 3 aromatic rings. The van der Waals surface area contributed by atoms with Gasteiger partial charge in [0.2, 0.25) is 0 Å². The van der Waals surface area contributed by atoms with Crippen molar-refractivity contribution in [3.8, 4) is 28.6 Å². The van der Waals surface area contributed by atoms with E-state index in [4.69, 9.17) is 23.4 Å².